The van der Waals surface area contributed by atoms with Crippen LogP contribution in [0.15, 0.2) is 46.9 Å². The fraction of sp³-hybridized carbons (Fsp3) is 0.133. The van der Waals surface area contributed by atoms with Gasteiger partial charge in [-0.05, 0) is 74.8 Å². The molecule has 0 unspecified atom stereocenters. The Bertz CT molecular complexity index is 613. The van der Waals surface area contributed by atoms with E-state index in [-0.39, 0.29) is 5.91 Å². The van der Waals surface area contributed by atoms with Gasteiger partial charge < -0.3 is 5.32 Å². The van der Waals surface area contributed by atoms with Gasteiger partial charge >= 0.3 is 0 Å². The van der Waals surface area contributed by atoms with Gasteiger partial charge in [0.2, 0.25) is 0 Å². The minimum absolute atomic E-state index is 0.0597. The SMILES string of the molecule is CCc1ccccc1C(=O)Nc1ccc(Br)c(I)c1. The van der Waals surface area contributed by atoms with Crippen molar-refractivity contribution in [2.45, 2.75) is 13.3 Å². The predicted molar refractivity (Wildman–Crippen MR) is 90.6 cm³/mol. The quantitative estimate of drug-likeness (QED) is 0.693. The highest BCUT2D eigenvalue weighted by molar-refractivity contribution is 14.1. The smallest absolute Gasteiger partial charge is 0.255 e. The molecule has 0 aliphatic carbocycles. The van der Waals surface area contributed by atoms with Crippen molar-refractivity contribution in [3.05, 3.63) is 61.6 Å². The van der Waals surface area contributed by atoms with Crippen LogP contribution >= 0.6 is 38.5 Å². The summed E-state index contributed by atoms with van der Waals surface area (Å²) in [5.41, 5.74) is 2.61. The first-order valence-electron chi connectivity index (χ1n) is 5.96. The molecule has 0 bridgehead atoms. The zero-order valence-electron chi connectivity index (χ0n) is 10.4. The molecule has 0 saturated heterocycles. The first-order chi connectivity index (χ1) is 9.11. The molecule has 0 spiro atoms. The molecular formula is C15H13BrINO. The van der Waals surface area contributed by atoms with Crippen molar-refractivity contribution in [1.82, 2.24) is 0 Å². The van der Waals surface area contributed by atoms with Crippen molar-refractivity contribution in [2.75, 3.05) is 5.32 Å². The average Bonchev–Trinajstić information content (AvgIpc) is 2.43. The summed E-state index contributed by atoms with van der Waals surface area (Å²) in [6.07, 6.45) is 0.849. The molecule has 2 rings (SSSR count). The summed E-state index contributed by atoms with van der Waals surface area (Å²) in [4.78, 5) is 12.3. The van der Waals surface area contributed by atoms with Crippen LogP contribution in [0.25, 0.3) is 0 Å². The molecule has 19 heavy (non-hydrogen) atoms. The van der Waals surface area contributed by atoms with Gasteiger partial charge in [-0.15, -0.1) is 0 Å². The van der Waals surface area contributed by atoms with E-state index in [9.17, 15) is 4.79 Å². The van der Waals surface area contributed by atoms with Gasteiger partial charge in [0.15, 0.2) is 0 Å². The van der Waals surface area contributed by atoms with Gasteiger partial charge in [0, 0.05) is 19.3 Å². The Morgan fingerprint density at radius 2 is 2.00 bits per heavy atom. The lowest BCUT2D eigenvalue weighted by atomic mass is 10.0. The van der Waals surface area contributed by atoms with Gasteiger partial charge in [-0.2, -0.15) is 0 Å². The highest BCUT2D eigenvalue weighted by Gasteiger charge is 2.10. The number of benzene rings is 2. The van der Waals surface area contributed by atoms with Crippen molar-refractivity contribution in [2.24, 2.45) is 0 Å². The number of halogens is 2. The van der Waals surface area contributed by atoms with Crippen LogP contribution in [0.1, 0.15) is 22.8 Å². The number of nitrogens with one attached hydrogen (secondary N) is 1. The first-order valence-corrected chi connectivity index (χ1v) is 7.83. The van der Waals surface area contributed by atoms with Crippen LogP contribution in [0.5, 0.6) is 0 Å². The summed E-state index contributed by atoms with van der Waals surface area (Å²) in [5.74, 6) is -0.0597. The third kappa shape index (κ3) is 3.57. The first kappa shape index (κ1) is 14.5. The molecule has 1 N–H and O–H groups in total. The van der Waals surface area contributed by atoms with E-state index in [4.69, 9.17) is 0 Å². The summed E-state index contributed by atoms with van der Waals surface area (Å²) >= 11 is 5.67. The van der Waals surface area contributed by atoms with Crippen LogP contribution in [-0.2, 0) is 6.42 Å². The molecule has 2 nitrogen and oxygen atoms in total. The molecule has 0 aliphatic rings. The van der Waals surface area contributed by atoms with Gasteiger partial charge in [-0.3, -0.25) is 4.79 Å². The van der Waals surface area contributed by atoms with E-state index in [0.29, 0.717) is 0 Å². The van der Waals surface area contributed by atoms with E-state index >= 15 is 0 Å². The largest absolute Gasteiger partial charge is 0.322 e. The zero-order chi connectivity index (χ0) is 13.8. The standard InChI is InChI=1S/C15H13BrINO/c1-2-10-5-3-4-6-12(10)15(19)18-11-7-8-13(16)14(17)9-11/h3-9H,2H2,1H3,(H,18,19). The Morgan fingerprint density at radius 3 is 2.68 bits per heavy atom. The number of hydrogen-bond donors (Lipinski definition) is 1. The summed E-state index contributed by atoms with van der Waals surface area (Å²) < 4.78 is 2.10. The Kier molecular flexibility index (Phi) is 4.99. The zero-order valence-corrected chi connectivity index (χ0v) is 14.2. The monoisotopic (exact) mass is 429 g/mol. The Balaban J connectivity index is 2.23. The van der Waals surface area contributed by atoms with Crippen LogP contribution in [0.3, 0.4) is 0 Å². The fourth-order valence-electron chi connectivity index (χ4n) is 1.82. The van der Waals surface area contributed by atoms with Crippen LogP contribution in [0.4, 0.5) is 5.69 Å². The number of hydrogen-bond acceptors (Lipinski definition) is 1. The second kappa shape index (κ2) is 6.52. The molecule has 2 aromatic carbocycles. The number of carbonyl (C=O) groups excluding carboxylic acids is 1. The third-order valence-corrected chi connectivity index (χ3v) is 5.15. The van der Waals surface area contributed by atoms with Gasteiger partial charge in [-0.1, -0.05) is 25.1 Å². The summed E-state index contributed by atoms with van der Waals surface area (Å²) in [6.45, 7) is 2.05. The fourth-order valence-corrected chi connectivity index (χ4v) is 2.58. The minimum atomic E-state index is -0.0597. The van der Waals surface area contributed by atoms with E-state index in [1.807, 2.05) is 42.5 Å². The van der Waals surface area contributed by atoms with Crippen LogP contribution in [0.2, 0.25) is 0 Å². The summed E-state index contributed by atoms with van der Waals surface area (Å²) in [7, 11) is 0. The van der Waals surface area contributed by atoms with Crippen molar-refractivity contribution in [3.8, 4) is 0 Å². The van der Waals surface area contributed by atoms with Crippen LogP contribution in [-0.4, -0.2) is 5.91 Å². The molecule has 4 heteroatoms. The third-order valence-electron chi connectivity index (χ3n) is 2.82. The molecule has 0 atom stereocenters. The van der Waals surface area contributed by atoms with E-state index in [2.05, 4.69) is 50.8 Å². The van der Waals surface area contributed by atoms with E-state index in [1.165, 1.54) is 0 Å². The van der Waals surface area contributed by atoms with Crippen molar-refractivity contribution < 1.29 is 4.79 Å². The van der Waals surface area contributed by atoms with Crippen LogP contribution < -0.4 is 5.32 Å². The molecule has 98 valence electrons. The number of rotatable bonds is 3. The lowest BCUT2D eigenvalue weighted by Gasteiger charge is -2.09. The maximum absolute atomic E-state index is 12.3. The maximum Gasteiger partial charge on any atom is 0.255 e. The molecular weight excluding hydrogens is 417 g/mol. The van der Waals surface area contributed by atoms with Crippen LogP contribution in [0, 0.1) is 3.57 Å². The highest BCUT2D eigenvalue weighted by Crippen LogP contribution is 2.23. The molecule has 0 fully saturated rings. The van der Waals surface area contributed by atoms with Crippen molar-refractivity contribution >= 4 is 50.1 Å². The lowest BCUT2D eigenvalue weighted by molar-refractivity contribution is 0.102. The number of aryl methyl sites for hydroxylation is 1. The van der Waals surface area contributed by atoms with Crippen molar-refractivity contribution in [3.63, 3.8) is 0 Å². The molecule has 1 amide bonds. The van der Waals surface area contributed by atoms with Gasteiger partial charge in [0.05, 0.1) is 0 Å². The topological polar surface area (TPSA) is 29.1 Å². The lowest BCUT2D eigenvalue weighted by Crippen LogP contribution is -2.14. The molecule has 2 aromatic rings. The van der Waals surface area contributed by atoms with Gasteiger partial charge in [-0.25, -0.2) is 0 Å². The van der Waals surface area contributed by atoms with E-state index < -0.39 is 0 Å². The minimum Gasteiger partial charge on any atom is -0.322 e. The predicted octanol–water partition coefficient (Wildman–Crippen LogP) is 4.87. The summed E-state index contributed by atoms with van der Waals surface area (Å²) in [5, 5.41) is 2.94. The molecule has 0 aromatic heterocycles. The van der Waals surface area contributed by atoms with Crippen molar-refractivity contribution in [1.29, 1.82) is 0 Å². The second-order valence-electron chi connectivity index (χ2n) is 4.09. The van der Waals surface area contributed by atoms with Gasteiger partial charge in [0.1, 0.15) is 0 Å². The molecule has 0 heterocycles. The normalized spacial score (nSPS) is 10.3. The molecule has 0 saturated carbocycles. The summed E-state index contributed by atoms with van der Waals surface area (Å²) in [6, 6.07) is 13.5. The number of carbonyl (C=O) groups is 1. The number of anilines is 1. The highest BCUT2D eigenvalue weighted by atomic mass is 127. The Morgan fingerprint density at radius 1 is 1.26 bits per heavy atom. The second-order valence-corrected chi connectivity index (χ2v) is 6.11. The molecule has 0 aliphatic heterocycles. The average molecular weight is 430 g/mol. The maximum atomic E-state index is 12.3. The van der Waals surface area contributed by atoms with E-state index in [0.717, 1.165) is 31.3 Å². The Labute approximate surface area is 134 Å². The number of amides is 1. The Hall–Kier alpha value is -0.880. The van der Waals surface area contributed by atoms with E-state index in [1.54, 1.807) is 0 Å². The van der Waals surface area contributed by atoms with Gasteiger partial charge in [0.25, 0.3) is 5.91 Å². The molecule has 0 radical (unpaired) electrons.